The summed E-state index contributed by atoms with van der Waals surface area (Å²) in [6.45, 7) is 2.75. The third-order valence-electron chi connectivity index (χ3n) is 5.44. The highest BCUT2D eigenvalue weighted by molar-refractivity contribution is 9.10. The smallest absolute Gasteiger partial charge is 0.276 e. The van der Waals surface area contributed by atoms with E-state index >= 15 is 0 Å². The van der Waals surface area contributed by atoms with Crippen molar-refractivity contribution < 1.29 is 28.2 Å². The van der Waals surface area contributed by atoms with Gasteiger partial charge in [-0.05, 0) is 59.6 Å². The number of aliphatic hydroxyl groups is 1. The molecule has 0 bridgehead atoms. The van der Waals surface area contributed by atoms with E-state index in [0.29, 0.717) is 11.3 Å². The Labute approximate surface area is 219 Å². The summed E-state index contributed by atoms with van der Waals surface area (Å²) in [5.41, 5.74) is 0.794. The molecule has 1 aromatic heterocycles. The molecule has 196 valence electrons. The summed E-state index contributed by atoms with van der Waals surface area (Å²) in [6.07, 6.45) is -1.40. The molecule has 1 heterocycles. The Morgan fingerprint density at radius 2 is 1.89 bits per heavy atom. The van der Waals surface area contributed by atoms with E-state index < -0.39 is 35.1 Å². The summed E-state index contributed by atoms with van der Waals surface area (Å²) in [6, 6.07) is 7.75. The van der Waals surface area contributed by atoms with Gasteiger partial charge in [0.15, 0.2) is 0 Å². The van der Waals surface area contributed by atoms with Gasteiger partial charge in [-0.3, -0.25) is 19.0 Å². The number of nitrogens with one attached hydrogen (secondary N) is 1. The highest BCUT2D eigenvalue weighted by atomic mass is 79.9. The second kappa shape index (κ2) is 11.6. The van der Waals surface area contributed by atoms with E-state index in [9.17, 15) is 28.3 Å². The molecule has 9 nitrogen and oxygen atoms in total. The molecular weight excluding hydrogens is 554 g/mol. The fraction of sp³-hybridized carbons (Fsp3) is 0.280. The number of benzene rings is 2. The van der Waals surface area contributed by atoms with Crippen molar-refractivity contribution in [1.82, 2.24) is 19.8 Å². The number of rotatable bonds is 8. The number of aryl methyl sites for hydroxylation is 2. The molecule has 2 aromatic carbocycles. The third kappa shape index (κ3) is 6.38. The Kier molecular flexibility index (Phi) is 8.77. The molecule has 0 fully saturated rings. The number of amides is 2. The van der Waals surface area contributed by atoms with Gasteiger partial charge in [-0.2, -0.15) is 4.98 Å². The molecule has 0 saturated carbocycles. The summed E-state index contributed by atoms with van der Waals surface area (Å²) in [5.74, 6) is -2.45. The first kappa shape index (κ1) is 27.9. The van der Waals surface area contributed by atoms with Crippen LogP contribution in [0, 0.1) is 25.5 Å². The van der Waals surface area contributed by atoms with E-state index in [2.05, 4.69) is 26.2 Å². The van der Waals surface area contributed by atoms with Crippen molar-refractivity contribution in [2.24, 2.45) is 0 Å². The summed E-state index contributed by atoms with van der Waals surface area (Å²) in [7, 11) is 2.98. The van der Waals surface area contributed by atoms with Crippen LogP contribution in [-0.2, 0) is 11.4 Å². The number of carbonyl (C=O) groups excluding carboxylic acids is 2. The number of nitrogens with zero attached hydrogens (tertiary/aromatic N) is 3. The lowest BCUT2D eigenvalue weighted by Crippen LogP contribution is -2.42. The Bertz CT molecular complexity index is 1410. The van der Waals surface area contributed by atoms with Gasteiger partial charge in [-0.25, -0.2) is 8.78 Å². The minimum atomic E-state index is -1.40. The summed E-state index contributed by atoms with van der Waals surface area (Å²) in [5, 5.41) is 12.4. The van der Waals surface area contributed by atoms with Crippen LogP contribution in [0.5, 0.6) is 5.88 Å². The van der Waals surface area contributed by atoms with Gasteiger partial charge in [0.25, 0.3) is 17.4 Å². The van der Waals surface area contributed by atoms with Gasteiger partial charge < -0.3 is 20.1 Å². The van der Waals surface area contributed by atoms with Gasteiger partial charge in [-0.1, -0.05) is 6.07 Å². The monoisotopic (exact) mass is 578 g/mol. The van der Waals surface area contributed by atoms with Crippen molar-refractivity contribution in [1.29, 1.82) is 0 Å². The lowest BCUT2D eigenvalue weighted by molar-refractivity contribution is -0.137. The molecule has 2 amide bonds. The molecule has 0 saturated heterocycles. The van der Waals surface area contributed by atoms with E-state index in [1.54, 1.807) is 26.0 Å². The Hall–Kier alpha value is -3.64. The van der Waals surface area contributed by atoms with Crippen molar-refractivity contribution in [2.75, 3.05) is 20.6 Å². The fourth-order valence-electron chi connectivity index (χ4n) is 3.42. The highest BCUT2D eigenvalue weighted by Gasteiger charge is 2.20. The number of ether oxygens (including phenoxy) is 1. The number of carbonyl (C=O) groups is 2. The molecule has 12 heteroatoms. The number of aromatic nitrogens is 2. The van der Waals surface area contributed by atoms with E-state index in [1.165, 1.54) is 35.7 Å². The van der Waals surface area contributed by atoms with Crippen LogP contribution in [0.3, 0.4) is 0 Å². The molecule has 3 rings (SSSR count). The largest absolute Gasteiger partial charge is 0.472 e. The second-order valence-electron chi connectivity index (χ2n) is 8.40. The Morgan fingerprint density at radius 3 is 2.54 bits per heavy atom. The summed E-state index contributed by atoms with van der Waals surface area (Å²) >= 11 is 3.19. The standard InChI is InChI=1S/C25H25BrF2N4O5/c1-13-5-6-15(22(34)29-11-20(33)24(35)31(3)4)9-19(13)32-14(2)30-23(21(26)25(32)36)37-12-16-7-8-17(27)10-18(16)28/h5-10,20,33H,11-12H2,1-4H3,(H,29,34)/t20-/m0/s1. The lowest BCUT2D eigenvalue weighted by atomic mass is 10.1. The zero-order valence-corrected chi connectivity index (χ0v) is 22.1. The van der Waals surface area contributed by atoms with E-state index in [4.69, 9.17) is 4.74 Å². The molecular formula is C25H25BrF2N4O5. The van der Waals surface area contributed by atoms with Crippen molar-refractivity contribution in [3.63, 3.8) is 0 Å². The first-order valence-corrected chi connectivity index (χ1v) is 11.8. The van der Waals surface area contributed by atoms with Crippen molar-refractivity contribution >= 4 is 27.7 Å². The predicted molar refractivity (Wildman–Crippen MR) is 135 cm³/mol. The Balaban J connectivity index is 1.86. The van der Waals surface area contributed by atoms with Crippen molar-refractivity contribution in [3.05, 3.63) is 85.4 Å². The van der Waals surface area contributed by atoms with Crippen LogP contribution >= 0.6 is 15.9 Å². The molecule has 3 aromatic rings. The molecule has 0 aliphatic rings. The number of halogens is 3. The quantitative estimate of drug-likeness (QED) is 0.425. The van der Waals surface area contributed by atoms with Crippen LogP contribution in [0.2, 0.25) is 0 Å². The average molecular weight is 579 g/mol. The van der Waals surface area contributed by atoms with Crippen LogP contribution in [0.4, 0.5) is 8.78 Å². The van der Waals surface area contributed by atoms with E-state index in [0.717, 1.165) is 12.1 Å². The Morgan fingerprint density at radius 1 is 1.19 bits per heavy atom. The average Bonchev–Trinajstić information content (AvgIpc) is 2.85. The molecule has 0 aliphatic heterocycles. The molecule has 37 heavy (non-hydrogen) atoms. The van der Waals surface area contributed by atoms with Crippen molar-refractivity contribution in [2.45, 2.75) is 26.6 Å². The van der Waals surface area contributed by atoms with E-state index in [-0.39, 0.29) is 40.5 Å². The molecule has 1 atom stereocenters. The summed E-state index contributed by atoms with van der Waals surface area (Å²) in [4.78, 5) is 43.2. The van der Waals surface area contributed by atoms with Crippen LogP contribution in [0.25, 0.3) is 5.69 Å². The maximum absolute atomic E-state index is 13.9. The minimum absolute atomic E-state index is 0.0276. The van der Waals surface area contributed by atoms with Gasteiger partial charge in [-0.15, -0.1) is 0 Å². The third-order valence-corrected chi connectivity index (χ3v) is 6.12. The first-order valence-electron chi connectivity index (χ1n) is 11.0. The fourth-order valence-corrected chi connectivity index (χ4v) is 3.80. The minimum Gasteiger partial charge on any atom is -0.472 e. The lowest BCUT2D eigenvalue weighted by Gasteiger charge is -2.17. The second-order valence-corrected chi connectivity index (χ2v) is 9.20. The van der Waals surface area contributed by atoms with Gasteiger partial charge in [0.05, 0.1) is 12.2 Å². The zero-order chi connectivity index (χ0) is 27.4. The molecule has 2 N–H and O–H groups in total. The summed E-state index contributed by atoms with van der Waals surface area (Å²) < 4.78 is 33.9. The van der Waals surface area contributed by atoms with Crippen LogP contribution in [-0.4, -0.2) is 58.1 Å². The molecule has 0 spiro atoms. The SMILES string of the molecule is Cc1ccc(C(=O)NC[C@H](O)C(=O)N(C)C)cc1-n1c(C)nc(OCc2ccc(F)cc2F)c(Br)c1=O. The van der Waals surface area contributed by atoms with Crippen molar-refractivity contribution in [3.8, 4) is 11.6 Å². The maximum atomic E-state index is 13.9. The van der Waals surface area contributed by atoms with Gasteiger partial charge in [0, 0.05) is 31.3 Å². The normalized spacial score (nSPS) is 11.7. The molecule has 0 aliphatic carbocycles. The predicted octanol–water partition coefficient (Wildman–Crippen LogP) is 2.65. The van der Waals surface area contributed by atoms with Gasteiger partial charge in [0.1, 0.15) is 34.6 Å². The highest BCUT2D eigenvalue weighted by Crippen LogP contribution is 2.24. The van der Waals surface area contributed by atoms with Crippen LogP contribution < -0.4 is 15.6 Å². The maximum Gasteiger partial charge on any atom is 0.276 e. The zero-order valence-electron chi connectivity index (χ0n) is 20.5. The molecule has 0 unspecified atom stereocenters. The number of hydrogen-bond donors (Lipinski definition) is 2. The first-order chi connectivity index (χ1) is 17.4. The van der Waals surface area contributed by atoms with Gasteiger partial charge >= 0.3 is 0 Å². The topological polar surface area (TPSA) is 114 Å². The van der Waals surface area contributed by atoms with Crippen LogP contribution in [0.15, 0.2) is 45.7 Å². The number of likely N-dealkylation sites (N-methyl/N-ethyl adjacent to an activating group) is 1. The number of hydrogen-bond acceptors (Lipinski definition) is 6. The van der Waals surface area contributed by atoms with E-state index in [1.807, 2.05) is 0 Å². The van der Waals surface area contributed by atoms with Crippen LogP contribution in [0.1, 0.15) is 27.3 Å². The molecule has 0 radical (unpaired) electrons. The van der Waals surface area contributed by atoms with Gasteiger partial charge in [0.2, 0.25) is 5.88 Å². The number of aliphatic hydroxyl groups excluding tert-OH is 1.